The van der Waals surface area contributed by atoms with Crippen molar-refractivity contribution in [2.45, 2.75) is 6.42 Å². The van der Waals surface area contributed by atoms with Gasteiger partial charge in [0.25, 0.3) is 0 Å². The fraction of sp³-hybridized carbons (Fsp3) is 0.250. The maximum absolute atomic E-state index is 13.1. The van der Waals surface area contributed by atoms with Gasteiger partial charge < -0.3 is 4.74 Å². The first kappa shape index (κ1) is 17.9. The molecule has 0 atom stereocenters. The summed E-state index contributed by atoms with van der Waals surface area (Å²) in [4.78, 5) is 0. The summed E-state index contributed by atoms with van der Waals surface area (Å²) >= 11 is 5.80. The molecule has 0 spiro atoms. The summed E-state index contributed by atoms with van der Waals surface area (Å²) in [6.45, 7) is 1.43. The van der Waals surface area contributed by atoms with E-state index in [9.17, 15) is 4.39 Å². The average molecular weight is 330 g/mol. The zero-order valence-electron chi connectivity index (χ0n) is 11.7. The van der Waals surface area contributed by atoms with E-state index in [1.165, 1.54) is 11.6 Å². The number of hydrogen-bond acceptors (Lipinski definition) is 2. The van der Waals surface area contributed by atoms with Gasteiger partial charge in [0.1, 0.15) is 5.82 Å². The van der Waals surface area contributed by atoms with E-state index >= 15 is 0 Å². The van der Waals surface area contributed by atoms with Gasteiger partial charge >= 0.3 is 0 Å². The molecule has 0 bridgehead atoms. The van der Waals surface area contributed by atoms with Gasteiger partial charge in [-0.25, -0.2) is 4.39 Å². The van der Waals surface area contributed by atoms with Gasteiger partial charge in [-0.3, -0.25) is 5.32 Å². The van der Waals surface area contributed by atoms with Gasteiger partial charge in [-0.15, -0.1) is 12.4 Å². The highest BCUT2D eigenvalue weighted by Gasteiger charge is 2.03. The summed E-state index contributed by atoms with van der Waals surface area (Å²) in [5.74, 6) is -0.392. The summed E-state index contributed by atoms with van der Waals surface area (Å²) in [7, 11) is 1.66. The molecule has 0 saturated carbocycles. The topological polar surface area (TPSA) is 21.3 Å². The molecule has 2 rings (SSSR count). The third-order valence-electron chi connectivity index (χ3n) is 3.04. The van der Waals surface area contributed by atoms with E-state index in [0.717, 1.165) is 24.1 Å². The van der Waals surface area contributed by atoms with Crippen LogP contribution in [0.15, 0.2) is 42.5 Å². The molecule has 5 heteroatoms. The Balaban J connectivity index is 0.00000220. The minimum Gasteiger partial charge on any atom is -0.370 e. The molecule has 0 heterocycles. The molecule has 0 fully saturated rings. The van der Waals surface area contributed by atoms with Gasteiger partial charge in [-0.2, -0.15) is 0 Å². The minimum absolute atomic E-state index is 0. The van der Waals surface area contributed by atoms with Crippen molar-refractivity contribution in [2.75, 3.05) is 20.4 Å². The summed E-state index contributed by atoms with van der Waals surface area (Å²) in [5, 5.41) is 3.31. The van der Waals surface area contributed by atoms with E-state index in [1.807, 2.05) is 12.1 Å². The largest absolute Gasteiger partial charge is 0.370 e. The highest BCUT2D eigenvalue weighted by molar-refractivity contribution is 6.31. The first-order valence-electron chi connectivity index (χ1n) is 6.44. The smallest absolute Gasteiger partial charge is 0.141 e. The molecular formula is C16H18Cl2FNO. The summed E-state index contributed by atoms with van der Waals surface area (Å²) < 4.78 is 18.1. The summed E-state index contributed by atoms with van der Waals surface area (Å²) in [6.07, 6.45) is 0.938. The second-order valence-electron chi connectivity index (χ2n) is 4.51. The van der Waals surface area contributed by atoms with Crippen molar-refractivity contribution in [3.05, 3.63) is 58.9 Å². The van der Waals surface area contributed by atoms with E-state index in [2.05, 4.69) is 17.4 Å². The summed E-state index contributed by atoms with van der Waals surface area (Å²) in [5.41, 5.74) is 3.19. The standard InChI is InChI=1S/C16H17ClFNO.ClH/c1-20-11-19-9-8-12-2-4-13(5-3-12)14-6-7-16(18)15(17)10-14;/h2-7,10,19H,8-9,11H2,1H3;1H. The third kappa shape index (κ3) is 5.29. The second-order valence-corrected chi connectivity index (χ2v) is 4.92. The van der Waals surface area contributed by atoms with Crippen molar-refractivity contribution in [2.24, 2.45) is 0 Å². The molecule has 2 aromatic carbocycles. The van der Waals surface area contributed by atoms with Crippen LogP contribution in [0.4, 0.5) is 4.39 Å². The molecule has 114 valence electrons. The molecule has 0 aliphatic rings. The van der Waals surface area contributed by atoms with E-state index in [1.54, 1.807) is 19.2 Å². The van der Waals surface area contributed by atoms with Gasteiger partial charge in [-0.1, -0.05) is 41.9 Å². The molecule has 0 saturated heterocycles. The van der Waals surface area contributed by atoms with E-state index in [-0.39, 0.29) is 17.4 Å². The minimum atomic E-state index is -0.392. The maximum Gasteiger partial charge on any atom is 0.141 e. The van der Waals surface area contributed by atoms with Crippen LogP contribution in [0.3, 0.4) is 0 Å². The van der Waals surface area contributed by atoms with E-state index in [4.69, 9.17) is 16.3 Å². The van der Waals surface area contributed by atoms with Crippen LogP contribution >= 0.6 is 24.0 Å². The number of benzene rings is 2. The summed E-state index contributed by atoms with van der Waals surface area (Å²) in [6, 6.07) is 13.0. The molecule has 0 aliphatic heterocycles. The zero-order chi connectivity index (χ0) is 14.4. The van der Waals surface area contributed by atoms with E-state index < -0.39 is 5.82 Å². The number of hydrogen-bond donors (Lipinski definition) is 1. The van der Waals surface area contributed by atoms with Crippen LogP contribution in [0.5, 0.6) is 0 Å². The lowest BCUT2D eigenvalue weighted by Crippen LogP contribution is -2.19. The molecule has 2 aromatic rings. The fourth-order valence-corrected chi connectivity index (χ4v) is 2.13. The van der Waals surface area contributed by atoms with Crippen molar-refractivity contribution in [1.29, 1.82) is 0 Å². The molecule has 1 N–H and O–H groups in total. The number of methoxy groups -OCH3 is 1. The number of rotatable bonds is 6. The van der Waals surface area contributed by atoms with Crippen molar-refractivity contribution in [3.63, 3.8) is 0 Å². The molecule has 0 aliphatic carbocycles. The van der Waals surface area contributed by atoms with Crippen LogP contribution in [0.25, 0.3) is 11.1 Å². The quantitative estimate of drug-likeness (QED) is 0.630. The van der Waals surface area contributed by atoms with Crippen LogP contribution in [0.2, 0.25) is 5.02 Å². The molecular weight excluding hydrogens is 312 g/mol. The lowest BCUT2D eigenvalue weighted by molar-refractivity contribution is 0.176. The Labute approximate surface area is 135 Å². The van der Waals surface area contributed by atoms with Crippen LogP contribution < -0.4 is 5.32 Å². The zero-order valence-corrected chi connectivity index (χ0v) is 13.3. The van der Waals surface area contributed by atoms with Crippen LogP contribution in [-0.4, -0.2) is 20.4 Å². The Morgan fingerprint density at radius 3 is 2.38 bits per heavy atom. The van der Waals surface area contributed by atoms with E-state index in [0.29, 0.717) is 6.73 Å². The number of halogens is 3. The van der Waals surface area contributed by atoms with Gasteiger partial charge in [0.2, 0.25) is 0 Å². The molecule has 0 unspecified atom stereocenters. The highest BCUT2D eigenvalue weighted by atomic mass is 35.5. The Kier molecular flexibility index (Phi) is 7.68. The third-order valence-corrected chi connectivity index (χ3v) is 3.33. The van der Waals surface area contributed by atoms with Crippen molar-refractivity contribution >= 4 is 24.0 Å². The highest BCUT2D eigenvalue weighted by Crippen LogP contribution is 2.25. The first-order valence-corrected chi connectivity index (χ1v) is 6.82. The Morgan fingerprint density at radius 1 is 1.10 bits per heavy atom. The van der Waals surface area contributed by atoms with Crippen LogP contribution in [-0.2, 0) is 11.2 Å². The van der Waals surface area contributed by atoms with Crippen molar-refractivity contribution < 1.29 is 9.13 Å². The molecule has 0 radical (unpaired) electrons. The van der Waals surface area contributed by atoms with Crippen molar-refractivity contribution in [1.82, 2.24) is 5.32 Å². The van der Waals surface area contributed by atoms with Gasteiger partial charge in [0.15, 0.2) is 0 Å². The lowest BCUT2D eigenvalue weighted by atomic mass is 10.0. The molecule has 21 heavy (non-hydrogen) atoms. The molecule has 0 aromatic heterocycles. The normalized spacial score (nSPS) is 10.2. The van der Waals surface area contributed by atoms with Crippen LogP contribution in [0.1, 0.15) is 5.56 Å². The van der Waals surface area contributed by atoms with Gasteiger partial charge in [0, 0.05) is 13.7 Å². The monoisotopic (exact) mass is 329 g/mol. The van der Waals surface area contributed by atoms with Crippen molar-refractivity contribution in [3.8, 4) is 11.1 Å². The first-order chi connectivity index (χ1) is 9.70. The predicted octanol–water partition coefficient (Wildman–Crippen LogP) is 4.30. The molecule has 0 amide bonds. The molecule has 2 nitrogen and oxygen atoms in total. The second kappa shape index (κ2) is 9.00. The number of ether oxygens (including phenoxy) is 1. The average Bonchev–Trinajstić information content (AvgIpc) is 2.47. The SMILES string of the molecule is COCNCCc1ccc(-c2ccc(F)c(Cl)c2)cc1.Cl. The fourth-order valence-electron chi connectivity index (χ4n) is 1.95. The Hall–Kier alpha value is -1.13. The maximum atomic E-state index is 13.1. The van der Waals surface area contributed by atoms with Gasteiger partial charge in [0.05, 0.1) is 11.8 Å². The lowest BCUT2D eigenvalue weighted by Gasteiger charge is -2.06. The van der Waals surface area contributed by atoms with Gasteiger partial charge in [-0.05, 0) is 35.2 Å². The number of nitrogens with one attached hydrogen (secondary N) is 1. The Morgan fingerprint density at radius 2 is 1.76 bits per heavy atom. The Bertz CT molecular complexity index is 561. The van der Waals surface area contributed by atoms with Crippen LogP contribution in [0, 0.1) is 5.82 Å². The predicted molar refractivity (Wildman–Crippen MR) is 87.7 cm³/mol.